The highest BCUT2D eigenvalue weighted by atomic mass is 35.5. The van der Waals surface area contributed by atoms with Crippen LogP contribution in [-0.4, -0.2) is 28.7 Å². The first kappa shape index (κ1) is 12.9. The molecule has 0 unspecified atom stereocenters. The SMILES string of the molecule is CNc1nc(NCCc2ncon2)c(Cl)cc1Cl. The predicted octanol–water partition coefficient (Wildman–Crippen LogP) is 2.47. The smallest absolute Gasteiger partial charge is 0.213 e. The summed E-state index contributed by atoms with van der Waals surface area (Å²) in [6.07, 6.45) is 1.91. The number of halogens is 2. The van der Waals surface area contributed by atoms with E-state index in [1.165, 1.54) is 6.39 Å². The molecule has 2 N–H and O–H groups in total. The molecule has 0 aliphatic heterocycles. The van der Waals surface area contributed by atoms with Gasteiger partial charge in [0.15, 0.2) is 5.82 Å². The first-order chi connectivity index (χ1) is 8.70. The summed E-state index contributed by atoms with van der Waals surface area (Å²) in [6.45, 7) is 0.594. The first-order valence-electron chi connectivity index (χ1n) is 5.23. The maximum atomic E-state index is 6.03. The number of nitrogens with zero attached hydrogens (tertiary/aromatic N) is 3. The van der Waals surface area contributed by atoms with Crippen molar-refractivity contribution in [3.63, 3.8) is 0 Å². The molecule has 0 aromatic carbocycles. The van der Waals surface area contributed by atoms with Crippen LogP contribution in [0.2, 0.25) is 10.0 Å². The van der Waals surface area contributed by atoms with E-state index in [1.807, 2.05) is 0 Å². The summed E-state index contributed by atoms with van der Waals surface area (Å²) in [7, 11) is 1.74. The van der Waals surface area contributed by atoms with Crippen LogP contribution in [0.15, 0.2) is 17.0 Å². The highest BCUT2D eigenvalue weighted by Gasteiger charge is 2.08. The van der Waals surface area contributed by atoms with Gasteiger partial charge in [0.1, 0.15) is 11.6 Å². The van der Waals surface area contributed by atoms with Crippen LogP contribution in [0.4, 0.5) is 11.6 Å². The molecule has 0 radical (unpaired) electrons. The highest BCUT2D eigenvalue weighted by Crippen LogP contribution is 2.28. The van der Waals surface area contributed by atoms with E-state index in [0.717, 1.165) is 0 Å². The zero-order valence-corrected chi connectivity index (χ0v) is 11.1. The number of rotatable bonds is 5. The van der Waals surface area contributed by atoms with Crippen molar-refractivity contribution >= 4 is 34.8 Å². The maximum absolute atomic E-state index is 6.03. The molecule has 0 aliphatic carbocycles. The minimum atomic E-state index is 0.465. The molecule has 2 aromatic rings. The molecule has 2 heterocycles. The van der Waals surface area contributed by atoms with E-state index in [9.17, 15) is 0 Å². The van der Waals surface area contributed by atoms with E-state index in [1.54, 1.807) is 13.1 Å². The van der Waals surface area contributed by atoms with Crippen molar-refractivity contribution in [1.82, 2.24) is 15.1 Å². The summed E-state index contributed by atoms with van der Waals surface area (Å²) >= 11 is 12.0. The van der Waals surface area contributed by atoms with Crippen LogP contribution in [0.1, 0.15) is 5.82 Å². The van der Waals surface area contributed by atoms with Crippen LogP contribution in [-0.2, 0) is 6.42 Å². The van der Waals surface area contributed by atoms with Crippen molar-refractivity contribution in [2.24, 2.45) is 0 Å². The third-order valence-corrected chi connectivity index (χ3v) is 2.79. The van der Waals surface area contributed by atoms with Crippen molar-refractivity contribution in [1.29, 1.82) is 0 Å². The minimum absolute atomic E-state index is 0.465. The van der Waals surface area contributed by atoms with Gasteiger partial charge >= 0.3 is 0 Å². The van der Waals surface area contributed by atoms with E-state index >= 15 is 0 Å². The molecular weight excluding hydrogens is 277 g/mol. The Morgan fingerprint density at radius 1 is 1.28 bits per heavy atom. The fraction of sp³-hybridized carbons (Fsp3) is 0.300. The number of aromatic nitrogens is 3. The van der Waals surface area contributed by atoms with Gasteiger partial charge in [0.25, 0.3) is 0 Å². The van der Waals surface area contributed by atoms with E-state index in [4.69, 9.17) is 23.2 Å². The average Bonchev–Trinajstić information content (AvgIpc) is 2.85. The third kappa shape index (κ3) is 3.02. The third-order valence-electron chi connectivity index (χ3n) is 2.21. The molecule has 18 heavy (non-hydrogen) atoms. The zero-order valence-electron chi connectivity index (χ0n) is 9.57. The summed E-state index contributed by atoms with van der Waals surface area (Å²) < 4.78 is 4.64. The summed E-state index contributed by atoms with van der Waals surface area (Å²) in [5, 5.41) is 10.6. The second-order valence-electron chi connectivity index (χ2n) is 3.42. The minimum Gasteiger partial charge on any atom is -0.372 e. The summed E-state index contributed by atoms with van der Waals surface area (Å²) in [5.41, 5.74) is 0. The molecule has 0 saturated carbocycles. The van der Waals surface area contributed by atoms with Crippen LogP contribution in [0.25, 0.3) is 0 Å². The maximum Gasteiger partial charge on any atom is 0.213 e. The Morgan fingerprint density at radius 3 is 2.72 bits per heavy atom. The van der Waals surface area contributed by atoms with E-state index in [2.05, 4.69) is 30.3 Å². The molecule has 0 spiro atoms. The van der Waals surface area contributed by atoms with Crippen molar-refractivity contribution in [3.05, 3.63) is 28.3 Å². The summed E-state index contributed by atoms with van der Waals surface area (Å²) in [4.78, 5) is 8.17. The quantitative estimate of drug-likeness (QED) is 0.880. The number of anilines is 2. The molecule has 8 heteroatoms. The molecule has 6 nitrogen and oxygen atoms in total. The Morgan fingerprint density at radius 2 is 2.06 bits per heavy atom. The van der Waals surface area contributed by atoms with Gasteiger partial charge in [0.05, 0.1) is 10.0 Å². The van der Waals surface area contributed by atoms with Gasteiger partial charge in [-0.3, -0.25) is 0 Å². The van der Waals surface area contributed by atoms with Crippen molar-refractivity contribution in [3.8, 4) is 0 Å². The highest BCUT2D eigenvalue weighted by molar-refractivity contribution is 6.37. The van der Waals surface area contributed by atoms with Gasteiger partial charge in [-0.2, -0.15) is 4.98 Å². The van der Waals surface area contributed by atoms with Gasteiger partial charge in [-0.05, 0) is 6.07 Å². The molecule has 0 amide bonds. The Hall–Kier alpha value is -1.53. The lowest BCUT2D eigenvalue weighted by molar-refractivity contribution is 0.410. The molecular formula is C10H11Cl2N5O. The van der Waals surface area contributed by atoms with Gasteiger partial charge in [0.2, 0.25) is 6.39 Å². The fourth-order valence-corrected chi connectivity index (χ4v) is 1.88. The van der Waals surface area contributed by atoms with Crippen LogP contribution < -0.4 is 10.6 Å². The first-order valence-corrected chi connectivity index (χ1v) is 5.99. The van der Waals surface area contributed by atoms with Gasteiger partial charge in [-0.25, -0.2) is 4.98 Å². The molecule has 0 saturated heterocycles. The number of nitrogens with one attached hydrogen (secondary N) is 2. The van der Waals surface area contributed by atoms with Gasteiger partial charge in [-0.15, -0.1) is 0 Å². The number of hydrogen-bond acceptors (Lipinski definition) is 6. The van der Waals surface area contributed by atoms with E-state index < -0.39 is 0 Å². The van der Waals surface area contributed by atoms with E-state index in [0.29, 0.717) is 40.5 Å². The average molecular weight is 288 g/mol. The Balaban J connectivity index is 2.00. The van der Waals surface area contributed by atoms with Crippen molar-refractivity contribution in [2.75, 3.05) is 24.2 Å². The molecule has 0 aliphatic rings. The van der Waals surface area contributed by atoms with Crippen LogP contribution in [0.3, 0.4) is 0 Å². The van der Waals surface area contributed by atoms with Gasteiger partial charge < -0.3 is 15.2 Å². The van der Waals surface area contributed by atoms with Crippen LogP contribution in [0, 0.1) is 0 Å². The Kier molecular flexibility index (Phi) is 4.22. The standard InChI is InChI=1S/C10H11Cl2N5O/c1-13-9-6(11)4-7(12)10(16-9)14-3-2-8-15-5-18-17-8/h4-5H,2-3H2,1H3,(H2,13,14,16). The second kappa shape index (κ2) is 5.88. The lowest BCUT2D eigenvalue weighted by Crippen LogP contribution is -2.08. The fourth-order valence-electron chi connectivity index (χ4n) is 1.36. The van der Waals surface area contributed by atoms with Gasteiger partial charge in [0, 0.05) is 20.0 Å². The lowest BCUT2D eigenvalue weighted by Gasteiger charge is -2.09. The molecule has 2 aromatic heterocycles. The summed E-state index contributed by atoms with van der Waals surface area (Å²) in [6, 6.07) is 1.64. The molecule has 0 fully saturated rings. The normalized spacial score (nSPS) is 10.4. The van der Waals surface area contributed by atoms with Crippen LogP contribution >= 0.6 is 23.2 Å². The van der Waals surface area contributed by atoms with Crippen LogP contribution in [0.5, 0.6) is 0 Å². The monoisotopic (exact) mass is 287 g/mol. The number of pyridine rings is 1. The van der Waals surface area contributed by atoms with Crippen molar-refractivity contribution < 1.29 is 4.52 Å². The summed E-state index contributed by atoms with van der Waals surface area (Å²) in [5.74, 6) is 1.76. The molecule has 2 rings (SSSR count). The van der Waals surface area contributed by atoms with Gasteiger partial charge in [-0.1, -0.05) is 28.4 Å². The topological polar surface area (TPSA) is 75.9 Å². The Labute approximate surface area is 114 Å². The predicted molar refractivity (Wildman–Crippen MR) is 70.3 cm³/mol. The zero-order chi connectivity index (χ0) is 13.0. The second-order valence-corrected chi connectivity index (χ2v) is 4.24. The lowest BCUT2D eigenvalue weighted by atomic mass is 10.4. The van der Waals surface area contributed by atoms with E-state index in [-0.39, 0.29) is 0 Å². The molecule has 0 atom stereocenters. The largest absolute Gasteiger partial charge is 0.372 e. The Bertz CT molecular complexity index is 517. The molecule has 0 bridgehead atoms. The molecule has 96 valence electrons. The van der Waals surface area contributed by atoms with Crippen molar-refractivity contribution in [2.45, 2.75) is 6.42 Å². The number of hydrogen-bond donors (Lipinski definition) is 2.